The third kappa shape index (κ3) is 5.51. The largest absolute Gasteiger partial charge is 0.348 e. The predicted molar refractivity (Wildman–Crippen MR) is 85.9 cm³/mol. The van der Waals surface area contributed by atoms with Crippen LogP contribution in [0.5, 0.6) is 0 Å². The minimum atomic E-state index is -0.0510. The monoisotopic (exact) mass is 348 g/mol. The number of nitrogens with two attached hydrogens (primary N) is 1. The smallest absolute Gasteiger partial charge is 0.251 e. The van der Waals surface area contributed by atoms with Gasteiger partial charge in [-0.05, 0) is 37.0 Å². The van der Waals surface area contributed by atoms with Crippen molar-refractivity contribution in [3.05, 3.63) is 33.8 Å². The minimum absolute atomic E-state index is 0. The molecule has 0 saturated heterocycles. The first-order chi connectivity index (χ1) is 8.45. The maximum absolute atomic E-state index is 12.2. The van der Waals surface area contributed by atoms with Gasteiger partial charge in [-0.15, -0.1) is 12.4 Å². The lowest BCUT2D eigenvalue weighted by molar-refractivity contribution is 0.0933. The molecular weight excluding hydrogens is 328 g/mol. The Morgan fingerprint density at radius 1 is 1.42 bits per heavy atom. The zero-order valence-electron chi connectivity index (χ0n) is 11.6. The van der Waals surface area contributed by atoms with Gasteiger partial charge in [0.05, 0.1) is 0 Å². The molecule has 19 heavy (non-hydrogen) atoms. The van der Waals surface area contributed by atoms with E-state index in [1.54, 1.807) is 0 Å². The lowest BCUT2D eigenvalue weighted by atomic mass is 10.0. The molecule has 0 saturated carbocycles. The van der Waals surface area contributed by atoms with E-state index in [-0.39, 0.29) is 24.4 Å². The summed E-state index contributed by atoms with van der Waals surface area (Å²) in [6, 6.07) is 5.67. The molecule has 5 heteroatoms. The van der Waals surface area contributed by atoms with Crippen molar-refractivity contribution >= 4 is 34.2 Å². The summed E-state index contributed by atoms with van der Waals surface area (Å²) >= 11 is 3.43. The lowest BCUT2D eigenvalue weighted by Gasteiger charge is -2.19. The molecule has 1 rings (SSSR count). The number of amides is 1. The van der Waals surface area contributed by atoms with Crippen molar-refractivity contribution in [2.24, 2.45) is 11.7 Å². The summed E-state index contributed by atoms with van der Waals surface area (Å²) in [7, 11) is 0. The van der Waals surface area contributed by atoms with Crippen LogP contribution in [0.2, 0.25) is 0 Å². The van der Waals surface area contributed by atoms with Gasteiger partial charge in [-0.3, -0.25) is 4.79 Å². The first-order valence-corrected chi connectivity index (χ1v) is 7.01. The van der Waals surface area contributed by atoms with Gasteiger partial charge in [-0.1, -0.05) is 35.8 Å². The highest BCUT2D eigenvalue weighted by molar-refractivity contribution is 9.10. The summed E-state index contributed by atoms with van der Waals surface area (Å²) in [5.41, 5.74) is 7.35. The molecule has 0 radical (unpaired) electrons. The Kier molecular flexibility index (Phi) is 8.30. The van der Waals surface area contributed by atoms with Gasteiger partial charge in [0.25, 0.3) is 5.91 Å². The van der Waals surface area contributed by atoms with E-state index >= 15 is 0 Å². The second-order valence-electron chi connectivity index (χ2n) is 4.95. The Balaban J connectivity index is 0.00000324. The van der Waals surface area contributed by atoms with E-state index in [2.05, 4.69) is 35.1 Å². The van der Waals surface area contributed by atoms with E-state index in [4.69, 9.17) is 5.73 Å². The highest BCUT2D eigenvalue weighted by atomic mass is 79.9. The molecule has 1 amide bonds. The normalized spacial score (nSPS) is 11.9. The average Bonchev–Trinajstić information content (AvgIpc) is 2.31. The lowest BCUT2D eigenvalue weighted by Crippen LogP contribution is -2.41. The molecule has 0 aliphatic carbocycles. The van der Waals surface area contributed by atoms with E-state index in [1.165, 1.54) is 0 Å². The van der Waals surface area contributed by atoms with Gasteiger partial charge >= 0.3 is 0 Å². The molecule has 0 bridgehead atoms. The van der Waals surface area contributed by atoms with Crippen LogP contribution in [0.1, 0.15) is 36.2 Å². The van der Waals surface area contributed by atoms with Gasteiger partial charge in [0.1, 0.15) is 0 Å². The molecule has 1 atom stereocenters. The maximum atomic E-state index is 12.2. The fraction of sp³-hybridized carbons (Fsp3) is 0.500. The van der Waals surface area contributed by atoms with Gasteiger partial charge in [0.2, 0.25) is 0 Å². The summed E-state index contributed by atoms with van der Waals surface area (Å²) in [6.45, 7) is 6.65. The van der Waals surface area contributed by atoms with Crippen LogP contribution < -0.4 is 11.1 Å². The number of rotatable bonds is 5. The van der Waals surface area contributed by atoms with E-state index in [0.29, 0.717) is 18.0 Å². The molecule has 0 heterocycles. The Bertz CT molecular complexity index is 424. The van der Waals surface area contributed by atoms with Gasteiger partial charge in [0, 0.05) is 22.6 Å². The van der Waals surface area contributed by atoms with Crippen LogP contribution in [0.3, 0.4) is 0 Å². The van der Waals surface area contributed by atoms with Gasteiger partial charge in [-0.2, -0.15) is 0 Å². The van der Waals surface area contributed by atoms with Gasteiger partial charge in [-0.25, -0.2) is 0 Å². The summed E-state index contributed by atoms with van der Waals surface area (Å²) in [5, 5.41) is 3.00. The third-order valence-corrected chi connectivity index (χ3v) is 3.75. The first-order valence-electron chi connectivity index (χ1n) is 6.21. The van der Waals surface area contributed by atoms with Crippen LogP contribution in [0.25, 0.3) is 0 Å². The molecule has 0 aliphatic rings. The summed E-state index contributed by atoms with van der Waals surface area (Å²) in [4.78, 5) is 12.2. The number of nitrogens with one attached hydrogen (secondary N) is 1. The number of hydrogen-bond donors (Lipinski definition) is 2. The van der Waals surface area contributed by atoms with E-state index < -0.39 is 0 Å². The molecule has 0 spiro atoms. The fourth-order valence-corrected chi connectivity index (χ4v) is 2.27. The molecule has 3 nitrogen and oxygen atoms in total. The van der Waals surface area contributed by atoms with Crippen molar-refractivity contribution in [3.63, 3.8) is 0 Å². The minimum Gasteiger partial charge on any atom is -0.348 e. The van der Waals surface area contributed by atoms with Crippen LogP contribution in [0, 0.1) is 12.8 Å². The number of hydrogen-bond acceptors (Lipinski definition) is 2. The van der Waals surface area contributed by atoms with Crippen molar-refractivity contribution in [2.75, 3.05) is 6.54 Å². The molecule has 1 aromatic carbocycles. The Hall–Kier alpha value is -0.580. The molecule has 108 valence electrons. The zero-order valence-corrected chi connectivity index (χ0v) is 14.0. The Morgan fingerprint density at radius 2 is 2.05 bits per heavy atom. The second kappa shape index (κ2) is 8.56. The van der Waals surface area contributed by atoms with Crippen molar-refractivity contribution in [1.29, 1.82) is 0 Å². The van der Waals surface area contributed by atoms with Crippen LogP contribution in [-0.4, -0.2) is 18.5 Å². The Morgan fingerprint density at radius 3 is 2.58 bits per heavy atom. The van der Waals surface area contributed by atoms with Gasteiger partial charge in [0.15, 0.2) is 0 Å². The predicted octanol–water partition coefficient (Wildman–Crippen LogP) is 3.28. The van der Waals surface area contributed by atoms with Crippen LogP contribution >= 0.6 is 28.3 Å². The molecule has 3 N–H and O–H groups in total. The summed E-state index contributed by atoms with van der Waals surface area (Å²) < 4.78 is 0.948. The number of carbonyl (C=O) groups is 1. The molecule has 0 aliphatic heterocycles. The SMILES string of the molecule is Cc1c(Br)cccc1C(=O)NC(CN)CC(C)C.Cl. The number of carbonyl (C=O) groups excluding carboxylic acids is 1. The van der Waals surface area contributed by atoms with Crippen molar-refractivity contribution in [3.8, 4) is 0 Å². The number of halogens is 2. The topological polar surface area (TPSA) is 55.1 Å². The van der Waals surface area contributed by atoms with E-state index in [1.807, 2.05) is 25.1 Å². The molecule has 0 fully saturated rings. The summed E-state index contributed by atoms with van der Waals surface area (Å²) in [6.07, 6.45) is 0.898. The Labute approximate surface area is 129 Å². The van der Waals surface area contributed by atoms with Crippen molar-refractivity contribution in [1.82, 2.24) is 5.32 Å². The van der Waals surface area contributed by atoms with E-state index in [9.17, 15) is 4.79 Å². The second-order valence-corrected chi connectivity index (χ2v) is 5.80. The van der Waals surface area contributed by atoms with Crippen LogP contribution in [0.15, 0.2) is 22.7 Å². The van der Waals surface area contributed by atoms with Gasteiger partial charge < -0.3 is 11.1 Å². The highest BCUT2D eigenvalue weighted by Crippen LogP contribution is 2.19. The van der Waals surface area contributed by atoms with Crippen LogP contribution in [0.4, 0.5) is 0 Å². The molecule has 0 aromatic heterocycles. The number of benzene rings is 1. The first kappa shape index (κ1) is 18.4. The van der Waals surface area contributed by atoms with Crippen LogP contribution in [-0.2, 0) is 0 Å². The average molecular weight is 350 g/mol. The molecule has 1 aromatic rings. The molecular formula is C14H22BrClN2O. The van der Waals surface area contributed by atoms with Crippen molar-refractivity contribution in [2.45, 2.75) is 33.2 Å². The summed E-state index contributed by atoms with van der Waals surface area (Å²) in [5.74, 6) is 0.465. The van der Waals surface area contributed by atoms with Crippen molar-refractivity contribution < 1.29 is 4.79 Å². The molecule has 1 unspecified atom stereocenters. The highest BCUT2D eigenvalue weighted by Gasteiger charge is 2.15. The fourth-order valence-electron chi connectivity index (χ4n) is 1.90. The zero-order chi connectivity index (χ0) is 13.7. The maximum Gasteiger partial charge on any atom is 0.251 e. The third-order valence-electron chi connectivity index (χ3n) is 2.89. The standard InChI is InChI=1S/C14H21BrN2O.ClH/c1-9(2)7-11(8-16)17-14(18)12-5-4-6-13(15)10(12)3;/h4-6,9,11H,7-8,16H2,1-3H3,(H,17,18);1H. The quantitative estimate of drug-likeness (QED) is 0.857. The van der Waals surface area contributed by atoms with E-state index in [0.717, 1.165) is 16.5 Å².